The Hall–Kier alpha value is -6.40. The third-order valence-electron chi connectivity index (χ3n) is 12.4. The first kappa shape index (κ1) is 59.9. The van der Waals surface area contributed by atoms with Crippen LogP contribution >= 0.6 is 15.9 Å². The summed E-state index contributed by atoms with van der Waals surface area (Å²) in [6.45, 7) is 18.1. The summed E-state index contributed by atoms with van der Waals surface area (Å²) in [6, 6.07) is 57.3. The Labute approximate surface area is 441 Å². The van der Waals surface area contributed by atoms with E-state index in [9.17, 15) is 14.9 Å². The lowest BCUT2D eigenvalue weighted by molar-refractivity contribution is 0.0643. The first-order chi connectivity index (χ1) is 33.7. The molecule has 0 bridgehead atoms. The van der Waals surface area contributed by atoms with E-state index in [4.69, 9.17) is 11.0 Å². The van der Waals surface area contributed by atoms with Crippen molar-refractivity contribution in [1.29, 1.82) is 10.5 Å². The molecule has 2 heterocycles. The highest BCUT2D eigenvalue weighted by atomic mass is 79.9. The van der Waals surface area contributed by atoms with Crippen molar-refractivity contribution in [1.82, 2.24) is 14.7 Å². The standard InChI is InChI=1S/C32H38N4O.C12H18N2.C8H7BrO.C8H7N.2CH4/c1-24(2)35(25(3)4)32(37)28-13-15-29(16-14-28)36(31-12-8-11-27(21-31)22-33)30-17-19-34(20-18-30)23-26-9-6-5-7-10-26;13-12-6-8-14(9-7-12)10-11-4-2-1-3-5-11;1-6(10)7-2-4-8(9)5-3-7;1-7-3-2-4-8(5-7)6-9;;/h5-16,21,24-25,30H,17-20,23H2,1-4H3;1-5,12H,6-10,13H2;2-5H,1H3;2-5H,1H3;2*1H4. The van der Waals surface area contributed by atoms with Gasteiger partial charge in [-0.3, -0.25) is 19.4 Å². The minimum atomic E-state index is 0. The number of carbonyl (C=O) groups is 2. The van der Waals surface area contributed by atoms with Crippen LogP contribution in [-0.2, 0) is 13.1 Å². The van der Waals surface area contributed by atoms with Gasteiger partial charge >= 0.3 is 0 Å². The van der Waals surface area contributed by atoms with Crippen LogP contribution < -0.4 is 10.6 Å². The van der Waals surface area contributed by atoms with Gasteiger partial charge in [0, 0.05) is 77.3 Å². The van der Waals surface area contributed by atoms with Gasteiger partial charge in [-0.15, -0.1) is 0 Å². The molecule has 0 spiro atoms. The van der Waals surface area contributed by atoms with E-state index >= 15 is 0 Å². The van der Waals surface area contributed by atoms with Crippen molar-refractivity contribution in [3.63, 3.8) is 0 Å². The first-order valence-corrected chi connectivity index (χ1v) is 25.3. The molecule has 6 aromatic rings. The average Bonchev–Trinajstić information content (AvgIpc) is 3.37. The maximum absolute atomic E-state index is 13.2. The maximum Gasteiger partial charge on any atom is 0.254 e. The van der Waals surface area contributed by atoms with E-state index in [-0.39, 0.29) is 38.6 Å². The summed E-state index contributed by atoms with van der Waals surface area (Å²) in [4.78, 5) is 33.2. The molecule has 0 saturated carbocycles. The van der Waals surface area contributed by atoms with E-state index in [1.54, 1.807) is 25.1 Å². The van der Waals surface area contributed by atoms with Crippen LogP contribution in [0.2, 0.25) is 0 Å². The van der Waals surface area contributed by atoms with Gasteiger partial charge in [-0.1, -0.05) is 122 Å². The summed E-state index contributed by atoms with van der Waals surface area (Å²) >= 11 is 3.28. The second-order valence-electron chi connectivity index (χ2n) is 18.6. The average molecular weight is 1030 g/mol. The molecule has 0 atom stereocenters. The number of hydrogen-bond donors (Lipinski definition) is 1. The van der Waals surface area contributed by atoms with Gasteiger partial charge in [0.1, 0.15) is 0 Å². The van der Waals surface area contributed by atoms with Crippen molar-refractivity contribution in [3.8, 4) is 12.1 Å². The SMILES string of the molecule is C.C.CC(=O)c1ccc(Br)cc1.CC(C)N(C(=O)c1ccc(N(c2cccc(C#N)c2)C2CCN(Cc3ccccc3)CC2)cc1)C(C)C.Cc1cccc(C#N)c1.NC1CCN(Cc2ccccc2)CC1. The number of nitriles is 2. The second kappa shape index (κ2) is 31.1. The normalized spacial score (nSPS) is 13.7. The molecule has 6 aromatic carbocycles. The molecule has 0 aromatic heterocycles. The molecule has 380 valence electrons. The van der Waals surface area contributed by atoms with Gasteiger partial charge in [0.2, 0.25) is 0 Å². The van der Waals surface area contributed by atoms with E-state index in [1.165, 1.54) is 11.1 Å². The summed E-state index contributed by atoms with van der Waals surface area (Å²) in [5, 5.41) is 17.9. The van der Waals surface area contributed by atoms with Crippen molar-refractivity contribution in [2.75, 3.05) is 31.1 Å². The van der Waals surface area contributed by atoms with E-state index in [0.717, 1.165) is 97.5 Å². The highest BCUT2D eigenvalue weighted by Crippen LogP contribution is 2.33. The largest absolute Gasteiger partial charge is 0.338 e. The monoisotopic (exact) mass is 1030 g/mol. The van der Waals surface area contributed by atoms with Gasteiger partial charge in [-0.25, -0.2) is 0 Å². The molecule has 0 unspecified atom stereocenters. The number of piperidine rings is 2. The van der Waals surface area contributed by atoms with Crippen molar-refractivity contribution in [3.05, 3.63) is 201 Å². The van der Waals surface area contributed by atoms with Crippen molar-refractivity contribution >= 4 is 39.0 Å². The van der Waals surface area contributed by atoms with Crippen molar-refractivity contribution in [2.45, 2.75) is 119 Å². The van der Waals surface area contributed by atoms with Gasteiger partial charge in [0.05, 0.1) is 23.3 Å². The molecular weight excluding hydrogens is 955 g/mol. The van der Waals surface area contributed by atoms with Gasteiger partial charge in [0.25, 0.3) is 5.91 Å². The van der Waals surface area contributed by atoms with Gasteiger partial charge < -0.3 is 15.5 Å². The number of halogens is 1. The zero-order valence-electron chi connectivity index (χ0n) is 41.8. The summed E-state index contributed by atoms with van der Waals surface area (Å²) in [5.41, 5.74) is 14.7. The minimum absolute atomic E-state index is 0. The molecule has 2 saturated heterocycles. The Morgan fingerprint density at radius 1 is 0.611 bits per heavy atom. The summed E-state index contributed by atoms with van der Waals surface area (Å²) in [7, 11) is 0. The number of Topliss-reactive ketones (excluding diaryl/α,β-unsaturated/α-hetero) is 1. The number of aryl methyl sites for hydroxylation is 1. The van der Waals surface area contributed by atoms with Crippen LogP contribution in [0.15, 0.2) is 162 Å². The molecule has 0 aliphatic carbocycles. The number of rotatable bonds is 11. The molecule has 2 aliphatic heterocycles. The van der Waals surface area contributed by atoms with Crippen LogP contribution in [0, 0.1) is 29.6 Å². The third-order valence-corrected chi connectivity index (χ3v) is 13.0. The highest BCUT2D eigenvalue weighted by Gasteiger charge is 2.28. The molecule has 8 rings (SSSR count). The molecule has 0 radical (unpaired) electrons. The topological polar surface area (TPSA) is 121 Å². The Kier molecular flexibility index (Phi) is 25.9. The molecule has 2 fully saturated rings. The molecule has 9 nitrogen and oxygen atoms in total. The smallest absolute Gasteiger partial charge is 0.254 e. The predicted octanol–water partition coefficient (Wildman–Crippen LogP) is 14.0. The number of amides is 1. The highest BCUT2D eigenvalue weighted by molar-refractivity contribution is 9.10. The summed E-state index contributed by atoms with van der Waals surface area (Å²) < 4.78 is 0.998. The van der Waals surface area contributed by atoms with Gasteiger partial charge in [-0.05, 0) is 164 Å². The number of hydrogen-bond acceptors (Lipinski definition) is 8. The van der Waals surface area contributed by atoms with E-state index in [1.807, 2.05) is 72.5 Å². The second-order valence-corrected chi connectivity index (χ2v) is 19.5. The number of anilines is 2. The minimum Gasteiger partial charge on any atom is -0.338 e. The van der Waals surface area contributed by atoms with Crippen LogP contribution in [0.5, 0.6) is 0 Å². The molecule has 2 aliphatic rings. The number of likely N-dealkylation sites (tertiary alicyclic amines) is 2. The predicted molar refractivity (Wildman–Crippen MR) is 303 cm³/mol. The van der Waals surface area contributed by atoms with E-state index in [2.05, 4.69) is 149 Å². The summed E-state index contributed by atoms with van der Waals surface area (Å²) in [6.07, 6.45) is 4.34. The van der Waals surface area contributed by atoms with Crippen molar-refractivity contribution < 1.29 is 9.59 Å². The quantitative estimate of drug-likeness (QED) is 0.127. The van der Waals surface area contributed by atoms with E-state index in [0.29, 0.717) is 23.2 Å². The molecule has 1 amide bonds. The summed E-state index contributed by atoms with van der Waals surface area (Å²) in [5.74, 6) is 0.163. The maximum atomic E-state index is 13.2. The molecule has 72 heavy (non-hydrogen) atoms. The molecule has 2 N–H and O–H groups in total. The Bertz CT molecular complexity index is 2580. The van der Waals surface area contributed by atoms with Crippen LogP contribution in [-0.4, -0.2) is 76.7 Å². The fourth-order valence-electron chi connectivity index (χ4n) is 8.80. The molecular formula is C62H78BrN7O2. The van der Waals surface area contributed by atoms with Crippen LogP contribution in [0.3, 0.4) is 0 Å². The number of carbonyl (C=O) groups excluding carboxylic acids is 2. The molecule has 10 heteroatoms. The lowest BCUT2D eigenvalue weighted by Gasteiger charge is -2.40. The fourth-order valence-corrected chi connectivity index (χ4v) is 9.07. The lowest BCUT2D eigenvalue weighted by atomic mass is 9.99. The third kappa shape index (κ3) is 19.3. The lowest BCUT2D eigenvalue weighted by Crippen LogP contribution is -2.43. The Morgan fingerprint density at radius 2 is 1.07 bits per heavy atom. The Balaban J connectivity index is 0.000000316. The van der Waals surface area contributed by atoms with Crippen molar-refractivity contribution in [2.24, 2.45) is 5.73 Å². The van der Waals surface area contributed by atoms with E-state index < -0.39 is 0 Å². The number of ketones is 1. The zero-order chi connectivity index (χ0) is 50.4. The Morgan fingerprint density at radius 3 is 1.51 bits per heavy atom. The zero-order valence-corrected chi connectivity index (χ0v) is 43.4. The fraction of sp³-hybridized carbons (Fsp3) is 0.355. The number of benzene rings is 6. The van der Waals surface area contributed by atoms with Crippen LogP contribution in [0.25, 0.3) is 0 Å². The number of nitrogens with zero attached hydrogens (tertiary/aromatic N) is 6. The van der Waals surface area contributed by atoms with Gasteiger partial charge in [0.15, 0.2) is 5.78 Å². The van der Waals surface area contributed by atoms with Gasteiger partial charge in [-0.2, -0.15) is 10.5 Å². The van der Waals surface area contributed by atoms with Crippen LogP contribution in [0.4, 0.5) is 11.4 Å². The van der Waals surface area contributed by atoms with Crippen LogP contribution in [0.1, 0.15) is 124 Å². The number of nitrogens with two attached hydrogens (primary N) is 1. The first-order valence-electron chi connectivity index (χ1n) is 24.5.